The van der Waals surface area contributed by atoms with Gasteiger partial charge in [-0.25, -0.2) is 0 Å². The van der Waals surface area contributed by atoms with Crippen molar-refractivity contribution in [3.05, 3.63) is 0 Å². The van der Waals surface area contributed by atoms with Gasteiger partial charge in [0.1, 0.15) is 26.3 Å². The molecule has 0 rings (SSSR count). The Balaban J connectivity index is -0.00000924. The van der Waals surface area contributed by atoms with Crippen molar-refractivity contribution in [3.63, 3.8) is 0 Å². The van der Waals surface area contributed by atoms with Crippen LogP contribution in [-0.4, -0.2) is 88.5 Å². The average Bonchev–Trinajstić information content (AvgIpc) is 2.97. The molecule has 8 heteroatoms. The van der Waals surface area contributed by atoms with Crippen LogP contribution in [0.4, 0.5) is 0 Å². The van der Waals surface area contributed by atoms with E-state index < -0.39 is 0 Å². The van der Waals surface area contributed by atoms with Crippen LogP contribution in [0.15, 0.2) is 0 Å². The van der Waals surface area contributed by atoms with Crippen molar-refractivity contribution < 1.29 is 62.0 Å². The third-order valence-corrected chi connectivity index (χ3v) is 9.17. The number of unbranched alkanes of at least 4 members (excludes halogenated alkanes) is 19. The second-order valence-electron chi connectivity index (χ2n) is 14.8. The normalized spacial score (nSPS) is 11.5. The van der Waals surface area contributed by atoms with Crippen LogP contribution in [0, 0.1) is 0 Å². The molecule has 0 unspecified atom stereocenters. The number of hydrogen-bond donors (Lipinski definition) is 0. The maximum atomic E-state index is 12.1. The smallest absolute Gasteiger partial charge is 0.305 e. The number of quaternary nitrogens is 2. The summed E-state index contributed by atoms with van der Waals surface area (Å²) in [5.41, 5.74) is 0. The van der Waals surface area contributed by atoms with Gasteiger partial charge in [-0.05, 0) is 38.5 Å². The average molecular weight is 787 g/mol. The molecule has 0 spiro atoms. The molecule has 0 aliphatic rings. The van der Waals surface area contributed by atoms with Crippen LogP contribution in [-0.2, 0) is 19.1 Å². The summed E-state index contributed by atoms with van der Waals surface area (Å²) < 4.78 is 12.9. The lowest BCUT2D eigenvalue weighted by Gasteiger charge is -2.29. The highest BCUT2D eigenvalue weighted by molar-refractivity contribution is 5.69. The van der Waals surface area contributed by atoms with Gasteiger partial charge in [0.25, 0.3) is 0 Å². The van der Waals surface area contributed by atoms with Crippen LogP contribution in [0.3, 0.4) is 0 Å². The molecule has 0 aliphatic carbocycles. The van der Waals surface area contributed by atoms with Crippen LogP contribution in [0.2, 0.25) is 0 Å². The summed E-state index contributed by atoms with van der Waals surface area (Å²) in [7, 11) is 8.98. The quantitative estimate of drug-likeness (QED) is 0.0580. The fraction of sp³-hybridized carbons (Fsp3) is 0.947. The molecule has 278 valence electrons. The minimum atomic E-state index is -0.0561. The van der Waals surface area contributed by atoms with Crippen LogP contribution in [0.25, 0.3) is 0 Å². The molecule has 0 aromatic heterocycles. The summed E-state index contributed by atoms with van der Waals surface area (Å²) in [6.45, 7) is 9.67. The fourth-order valence-electron chi connectivity index (χ4n) is 5.77. The van der Waals surface area contributed by atoms with Gasteiger partial charge in [-0.15, -0.1) is 0 Å². The van der Waals surface area contributed by atoms with E-state index >= 15 is 0 Å². The number of carbonyl (C=O) groups is 2. The fourth-order valence-corrected chi connectivity index (χ4v) is 5.77. The van der Waals surface area contributed by atoms with Gasteiger partial charge in [-0.2, -0.15) is 0 Å². The number of hydrogen-bond acceptors (Lipinski definition) is 4. The number of rotatable bonds is 33. The van der Waals surface area contributed by atoms with Gasteiger partial charge in [-0.1, -0.05) is 117 Å². The Kier molecular flexibility index (Phi) is 37.8. The van der Waals surface area contributed by atoms with Gasteiger partial charge in [0, 0.05) is 12.8 Å². The first-order valence-corrected chi connectivity index (χ1v) is 19.1. The molecule has 0 saturated carbocycles. The lowest BCUT2D eigenvalue weighted by atomic mass is 10.1. The minimum Gasteiger partial charge on any atom is -1.00 e. The number of ether oxygens (including phenoxy) is 2. The molecule has 0 heterocycles. The van der Waals surface area contributed by atoms with Crippen LogP contribution in [0.5, 0.6) is 0 Å². The second kappa shape index (κ2) is 34.7. The van der Waals surface area contributed by atoms with E-state index in [9.17, 15) is 9.59 Å². The Morgan fingerprint density at radius 3 is 0.957 bits per heavy atom. The first-order valence-electron chi connectivity index (χ1n) is 19.1. The zero-order valence-electron chi connectivity index (χ0n) is 31.5. The van der Waals surface area contributed by atoms with Crippen LogP contribution in [0.1, 0.15) is 168 Å². The second-order valence-corrected chi connectivity index (χ2v) is 14.8. The zero-order valence-corrected chi connectivity index (χ0v) is 34.7. The van der Waals surface area contributed by atoms with Gasteiger partial charge < -0.3 is 52.4 Å². The van der Waals surface area contributed by atoms with Crippen molar-refractivity contribution in [1.82, 2.24) is 0 Å². The first-order chi connectivity index (χ1) is 21.1. The zero-order chi connectivity index (χ0) is 32.8. The number of nitrogens with zero attached hydrogens (tertiary/aromatic N) is 2. The molecular weight excluding hydrogens is 708 g/mol. The molecule has 0 radical (unpaired) electrons. The van der Waals surface area contributed by atoms with Crippen molar-refractivity contribution in [2.75, 3.05) is 67.6 Å². The van der Waals surface area contributed by atoms with E-state index in [0.717, 1.165) is 73.7 Å². The van der Waals surface area contributed by atoms with E-state index in [-0.39, 0.29) is 45.9 Å². The van der Waals surface area contributed by atoms with Gasteiger partial charge in [-0.3, -0.25) is 9.59 Å². The van der Waals surface area contributed by atoms with E-state index in [2.05, 4.69) is 42.0 Å². The van der Waals surface area contributed by atoms with Crippen LogP contribution >= 0.6 is 0 Å². The summed E-state index contributed by atoms with van der Waals surface area (Å²) in [5, 5.41) is 0. The van der Waals surface area contributed by atoms with E-state index in [1.54, 1.807) is 0 Å². The van der Waals surface area contributed by atoms with Crippen molar-refractivity contribution in [1.29, 1.82) is 0 Å². The molecule has 0 saturated heterocycles. The molecule has 0 aromatic rings. The highest BCUT2D eigenvalue weighted by Crippen LogP contribution is 2.13. The van der Waals surface area contributed by atoms with E-state index in [4.69, 9.17) is 9.47 Å². The summed E-state index contributed by atoms with van der Waals surface area (Å²) in [6, 6.07) is 0. The number of esters is 2. The molecule has 0 bridgehead atoms. The van der Waals surface area contributed by atoms with Crippen LogP contribution < -0.4 is 34.0 Å². The lowest BCUT2D eigenvalue weighted by molar-refractivity contribution is -0.890. The predicted molar refractivity (Wildman–Crippen MR) is 188 cm³/mol. The van der Waals surface area contributed by atoms with Crippen molar-refractivity contribution >= 4 is 11.9 Å². The maximum absolute atomic E-state index is 12.1. The largest absolute Gasteiger partial charge is 1.00 e. The Hall–Kier alpha value is -0.180. The molecule has 0 fully saturated rings. The SMILES string of the molecule is CCCCCCCCCC[N+](C)(C)CCOC(=O)CCCCCCCCC(=O)OCC[N+](C)(C)CCCCCCCCCC.[Br-].[Br-]. The van der Waals surface area contributed by atoms with E-state index in [1.165, 1.54) is 103 Å². The molecule has 0 amide bonds. The summed E-state index contributed by atoms with van der Waals surface area (Å²) in [6.07, 6.45) is 28.6. The van der Waals surface area contributed by atoms with Crippen molar-refractivity contribution in [2.45, 2.75) is 168 Å². The van der Waals surface area contributed by atoms with Crippen molar-refractivity contribution in [3.8, 4) is 0 Å². The Morgan fingerprint density at radius 1 is 0.391 bits per heavy atom. The predicted octanol–water partition coefficient (Wildman–Crippen LogP) is 3.64. The Morgan fingerprint density at radius 2 is 0.652 bits per heavy atom. The van der Waals surface area contributed by atoms with Gasteiger partial charge in [0.05, 0.1) is 41.3 Å². The molecule has 0 atom stereocenters. The van der Waals surface area contributed by atoms with Gasteiger partial charge in [0.2, 0.25) is 0 Å². The van der Waals surface area contributed by atoms with E-state index in [0.29, 0.717) is 26.1 Å². The van der Waals surface area contributed by atoms with Crippen molar-refractivity contribution in [2.24, 2.45) is 0 Å². The standard InChI is InChI=1S/C38H78N2O4.2BrH/c1-7-9-11-13-15-19-23-27-31-39(3,4)33-35-43-37(41)29-25-21-17-18-22-26-30-38(42)44-36-34-40(5,6)32-28-24-20-16-14-12-10-8-2;;/h7-36H2,1-6H3;2*1H/q+2;;/p-2. The number of carbonyl (C=O) groups excluding carboxylic acids is 2. The lowest BCUT2D eigenvalue weighted by Crippen LogP contribution is -3.00. The Bertz CT molecular complexity index is 621. The topological polar surface area (TPSA) is 52.6 Å². The number of halogens is 2. The molecule has 0 aliphatic heterocycles. The molecule has 6 nitrogen and oxygen atoms in total. The summed E-state index contributed by atoms with van der Waals surface area (Å²) in [5.74, 6) is -0.112. The first kappa shape index (κ1) is 50.2. The third kappa shape index (κ3) is 36.7. The molecule has 0 aromatic carbocycles. The van der Waals surface area contributed by atoms with E-state index in [1.807, 2.05) is 0 Å². The Labute approximate surface area is 308 Å². The van der Waals surface area contributed by atoms with Gasteiger partial charge in [0.15, 0.2) is 0 Å². The minimum absolute atomic E-state index is 0. The molecule has 0 N–H and O–H groups in total. The molecular formula is C38H78Br2N2O4. The molecule has 46 heavy (non-hydrogen) atoms. The maximum Gasteiger partial charge on any atom is 0.305 e. The summed E-state index contributed by atoms with van der Waals surface area (Å²) >= 11 is 0. The highest BCUT2D eigenvalue weighted by Gasteiger charge is 2.16. The monoisotopic (exact) mass is 784 g/mol. The third-order valence-electron chi connectivity index (χ3n) is 9.17. The van der Waals surface area contributed by atoms with Gasteiger partial charge >= 0.3 is 11.9 Å². The summed E-state index contributed by atoms with van der Waals surface area (Å²) in [4.78, 5) is 24.3. The highest BCUT2D eigenvalue weighted by atomic mass is 79.9. The number of likely N-dealkylation sites (N-methyl/N-ethyl adjacent to an activating group) is 2.